The maximum absolute atomic E-state index is 11.9. The maximum Gasteiger partial charge on any atom is 0.494 e. The summed E-state index contributed by atoms with van der Waals surface area (Å²) in [7, 11) is -0.455. The van der Waals surface area contributed by atoms with E-state index >= 15 is 0 Å². The van der Waals surface area contributed by atoms with Crippen LogP contribution in [-0.2, 0) is 9.31 Å². The van der Waals surface area contributed by atoms with Gasteiger partial charge < -0.3 is 14.6 Å². The molecule has 2 N–H and O–H groups in total. The Morgan fingerprint density at radius 3 is 2.05 bits per heavy atom. The number of hydrogen-bond acceptors (Lipinski definition) is 3. The van der Waals surface area contributed by atoms with Crippen molar-refractivity contribution in [3.63, 3.8) is 0 Å². The highest BCUT2D eigenvalue weighted by Crippen LogP contribution is 2.36. The molecule has 0 aromatic heterocycles. The Morgan fingerprint density at radius 2 is 1.60 bits per heavy atom. The molecular weight excluding hydrogens is 262 g/mol. The average molecular weight is 280 g/mol. The molecule has 0 atom stereocenters. The zero-order chi connectivity index (χ0) is 15.0. The Balaban J connectivity index is 2.10. The molecule has 20 heavy (non-hydrogen) atoms. The normalized spacial score (nSPS) is 19.8. The van der Waals surface area contributed by atoms with Crippen molar-refractivity contribution >= 4 is 24.3 Å². The van der Waals surface area contributed by atoms with Crippen LogP contribution in [0.15, 0.2) is 24.3 Å². The van der Waals surface area contributed by atoms with Gasteiger partial charge in [0.05, 0.1) is 11.2 Å². The molecule has 0 unspecified atom stereocenters. The minimum absolute atomic E-state index is 0.400. The molecule has 0 spiro atoms. The van der Waals surface area contributed by atoms with Gasteiger partial charge in [-0.25, -0.2) is 4.79 Å². The zero-order valence-corrected chi connectivity index (χ0v) is 12.0. The summed E-state index contributed by atoms with van der Waals surface area (Å²) in [4.78, 5) is 10.8. The highest BCUT2D eigenvalue weighted by atomic mass is 19.2. The van der Waals surface area contributed by atoms with Crippen LogP contribution in [0.3, 0.4) is 0 Å². The number of carbonyl (C=O) groups excluding carboxylic acids is 1. The molecule has 0 aliphatic carbocycles. The molecule has 1 fully saturated rings. The molecule has 0 saturated carbocycles. The van der Waals surface area contributed by atoms with Crippen LogP contribution in [0, 0.1) is 0 Å². The molecule has 1 aromatic carbocycles. The molecule has 108 valence electrons. The summed E-state index contributed by atoms with van der Waals surface area (Å²) in [6.45, 7) is 7.92. The number of amides is 2. The maximum atomic E-state index is 11.9. The molecule has 7 heteroatoms. The molecule has 0 radical (unpaired) electrons. The Morgan fingerprint density at radius 1 is 1.10 bits per heavy atom. The van der Waals surface area contributed by atoms with Crippen molar-refractivity contribution in [3.8, 4) is 0 Å². The van der Waals surface area contributed by atoms with E-state index in [1.807, 2.05) is 27.7 Å². The van der Waals surface area contributed by atoms with E-state index in [0.717, 1.165) is 11.0 Å². The minimum Gasteiger partial charge on any atom is -0.399 e. The number of nitrogens with one attached hydrogen (secondary N) is 2. The molecule has 1 aliphatic heterocycles. The number of rotatable bonds is 2. The highest BCUT2D eigenvalue weighted by molar-refractivity contribution is 6.62. The van der Waals surface area contributed by atoms with E-state index in [1.165, 1.54) is 0 Å². The Kier molecular flexibility index (Phi) is 3.75. The highest BCUT2D eigenvalue weighted by Gasteiger charge is 2.51. The van der Waals surface area contributed by atoms with Crippen LogP contribution >= 0.6 is 0 Å². The van der Waals surface area contributed by atoms with E-state index in [1.54, 1.807) is 24.3 Å². The van der Waals surface area contributed by atoms with Crippen LogP contribution < -0.4 is 16.3 Å². The van der Waals surface area contributed by atoms with Crippen molar-refractivity contribution in [3.05, 3.63) is 24.3 Å². The van der Waals surface area contributed by atoms with Crippen molar-refractivity contribution in [2.75, 3.05) is 5.32 Å². The van der Waals surface area contributed by atoms with Gasteiger partial charge in [0.15, 0.2) is 0 Å². The molecule has 1 saturated heterocycles. The molecule has 1 heterocycles. The van der Waals surface area contributed by atoms with Crippen molar-refractivity contribution in [1.29, 1.82) is 0 Å². The molecule has 1 aliphatic rings. The summed E-state index contributed by atoms with van der Waals surface area (Å²) < 4.78 is 23.7. The summed E-state index contributed by atoms with van der Waals surface area (Å²) in [6, 6.07) is 5.96. The topological polar surface area (TPSA) is 59.6 Å². The molecule has 0 bridgehead atoms. The van der Waals surface area contributed by atoms with Gasteiger partial charge >= 0.3 is 13.1 Å². The van der Waals surface area contributed by atoms with E-state index in [4.69, 9.17) is 9.31 Å². The van der Waals surface area contributed by atoms with Gasteiger partial charge in [-0.1, -0.05) is 16.6 Å². The van der Waals surface area contributed by atoms with E-state index < -0.39 is 24.4 Å². The summed E-state index contributed by atoms with van der Waals surface area (Å²) >= 11 is 0. The summed E-state index contributed by atoms with van der Waals surface area (Å²) in [5.74, 6) is 0. The summed E-state index contributed by atoms with van der Waals surface area (Å²) in [6.07, 6.45) is 0. The predicted molar refractivity (Wildman–Crippen MR) is 75.4 cm³/mol. The number of carbonyl (C=O) groups is 1. The number of urea groups is 1. The molecule has 2 rings (SSSR count). The van der Waals surface area contributed by atoms with E-state index in [0.29, 0.717) is 5.69 Å². The lowest BCUT2D eigenvalue weighted by Gasteiger charge is -2.32. The number of anilines is 1. The van der Waals surface area contributed by atoms with Gasteiger partial charge in [-0.15, -0.1) is 0 Å². The number of benzene rings is 1. The Hall–Kier alpha value is -1.60. The lowest BCUT2D eigenvalue weighted by molar-refractivity contribution is 0.00578. The van der Waals surface area contributed by atoms with Crippen LogP contribution in [0.1, 0.15) is 27.7 Å². The van der Waals surface area contributed by atoms with Crippen molar-refractivity contribution < 1.29 is 18.6 Å². The summed E-state index contributed by atoms with van der Waals surface area (Å²) in [5, 5.41) is 2.34. The largest absolute Gasteiger partial charge is 0.494 e. The first-order valence-corrected chi connectivity index (χ1v) is 6.38. The van der Waals surface area contributed by atoms with Gasteiger partial charge in [0.25, 0.3) is 0 Å². The monoisotopic (exact) mass is 280 g/mol. The van der Waals surface area contributed by atoms with Gasteiger partial charge in [-0.2, -0.15) is 5.54 Å². The standard InChI is InChI=1S/C13H18BFN2O3/c1-12(2)13(3,4)20-14(19-12)9-5-7-10(8-6-9)16-11(18)17-15/h5-8H,1-4H3,(H2,16,17,18). The number of hydrogen-bond donors (Lipinski definition) is 2. The van der Waals surface area contributed by atoms with Gasteiger partial charge in [0.1, 0.15) is 0 Å². The smallest absolute Gasteiger partial charge is 0.399 e. The van der Waals surface area contributed by atoms with Gasteiger partial charge in [-0.05, 0) is 45.3 Å². The zero-order valence-electron chi connectivity index (χ0n) is 12.0. The third-order valence-corrected chi connectivity index (χ3v) is 3.78. The van der Waals surface area contributed by atoms with Crippen LogP contribution in [0.4, 0.5) is 15.0 Å². The van der Waals surface area contributed by atoms with E-state index in [2.05, 4.69) is 5.32 Å². The van der Waals surface area contributed by atoms with Crippen molar-refractivity contribution in [2.24, 2.45) is 0 Å². The van der Waals surface area contributed by atoms with Crippen LogP contribution in [0.5, 0.6) is 0 Å². The van der Waals surface area contributed by atoms with E-state index in [-0.39, 0.29) is 0 Å². The third-order valence-electron chi connectivity index (χ3n) is 3.78. The first kappa shape index (κ1) is 14.8. The third kappa shape index (κ3) is 2.78. The molecule has 1 aromatic rings. The average Bonchev–Trinajstić information content (AvgIpc) is 2.59. The SMILES string of the molecule is CC1(C)OB(c2ccc(NC(=O)NF)cc2)OC1(C)C. The van der Waals surface area contributed by atoms with Gasteiger partial charge in [0, 0.05) is 5.69 Å². The molecule has 5 nitrogen and oxygen atoms in total. The second kappa shape index (κ2) is 5.07. The lowest BCUT2D eigenvalue weighted by Crippen LogP contribution is -2.41. The van der Waals surface area contributed by atoms with Gasteiger partial charge in [0.2, 0.25) is 0 Å². The van der Waals surface area contributed by atoms with Crippen molar-refractivity contribution in [1.82, 2.24) is 5.54 Å². The van der Waals surface area contributed by atoms with Crippen LogP contribution in [0.25, 0.3) is 0 Å². The first-order valence-electron chi connectivity index (χ1n) is 6.38. The number of halogens is 1. The quantitative estimate of drug-likeness (QED) is 0.643. The van der Waals surface area contributed by atoms with Gasteiger partial charge in [-0.3, -0.25) is 0 Å². The van der Waals surface area contributed by atoms with Crippen molar-refractivity contribution in [2.45, 2.75) is 38.9 Å². The first-order chi connectivity index (χ1) is 9.25. The van der Waals surface area contributed by atoms with Crippen LogP contribution in [-0.4, -0.2) is 24.4 Å². The predicted octanol–water partition coefficient (Wildman–Crippen LogP) is 1.99. The fourth-order valence-corrected chi connectivity index (χ4v) is 1.86. The minimum atomic E-state index is -0.909. The molecular formula is C13H18BFN2O3. The Labute approximate surface area is 117 Å². The summed E-state index contributed by atoms with van der Waals surface area (Å²) in [5.41, 5.74) is 1.53. The van der Waals surface area contributed by atoms with E-state index in [9.17, 15) is 9.28 Å². The Bertz CT molecular complexity index is 489. The second-order valence-corrected chi connectivity index (χ2v) is 5.76. The fraction of sp³-hybridized carbons (Fsp3) is 0.462. The second-order valence-electron chi connectivity index (χ2n) is 5.76. The molecule has 2 amide bonds. The van der Waals surface area contributed by atoms with Crippen LogP contribution in [0.2, 0.25) is 0 Å². The fourth-order valence-electron chi connectivity index (χ4n) is 1.86. The lowest BCUT2D eigenvalue weighted by atomic mass is 9.79.